The first-order chi connectivity index (χ1) is 6.13. The van der Waals surface area contributed by atoms with Crippen LogP contribution in [0.15, 0.2) is 0 Å². The van der Waals surface area contributed by atoms with Gasteiger partial charge in [0.1, 0.15) is 6.61 Å². The van der Waals surface area contributed by atoms with Crippen LogP contribution in [0.2, 0.25) is 0 Å². The summed E-state index contributed by atoms with van der Waals surface area (Å²) < 4.78 is 4.79. The molecule has 0 spiro atoms. The molecule has 3 heteroatoms. The predicted octanol–water partition coefficient (Wildman–Crippen LogP) is 0.790. The van der Waals surface area contributed by atoms with Gasteiger partial charge in [-0.05, 0) is 11.8 Å². The first-order valence-electron chi connectivity index (χ1n) is 4.86. The van der Waals surface area contributed by atoms with Crippen molar-refractivity contribution >= 4 is 5.78 Å². The Kier molecular flexibility index (Phi) is 3.88. The molecule has 1 rings (SSSR count). The summed E-state index contributed by atoms with van der Waals surface area (Å²) in [7, 11) is 1.56. The van der Waals surface area contributed by atoms with E-state index in [0.29, 0.717) is 6.54 Å². The zero-order chi connectivity index (χ0) is 9.84. The number of rotatable bonds is 4. The number of methoxy groups -OCH3 is 1. The molecule has 0 radical (unpaired) electrons. The van der Waals surface area contributed by atoms with Gasteiger partial charge in [-0.2, -0.15) is 0 Å². The number of carbonyl (C=O) groups excluding carboxylic acids is 1. The van der Waals surface area contributed by atoms with E-state index in [2.05, 4.69) is 18.7 Å². The molecule has 0 aliphatic carbocycles. The topological polar surface area (TPSA) is 29.5 Å². The molecule has 0 aromatic carbocycles. The lowest BCUT2D eigenvalue weighted by atomic mass is 10.0. The molecule has 0 N–H and O–H groups in total. The minimum atomic E-state index is 0.184. The smallest absolute Gasteiger partial charge is 0.172 e. The quantitative estimate of drug-likeness (QED) is 0.648. The van der Waals surface area contributed by atoms with Crippen LogP contribution in [0.3, 0.4) is 0 Å². The number of Topliss-reactive ketones (excluding diaryl/α,β-unsaturated/α-hetero) is 1. The average molecular weight is 185 g/mol. The third-order valence-electron chi connectivity index (χ3n) is 2.77. The molecule has 1 heterocycles. The van der Waals surface area contributed by atoms with Crippen molar-refractivity contribution in [2.45, 2.75) is 13.8 Å². The molecule has 0 aromatic heterocycles. The average Bonchev–Trinajstić information content (AvgIpc) is 2.31. The monoisotopic (exact) mass is 185 g/mol. The summed E-state index contributed by atoms with van der Waals surface area (Å²) in [4.78, 5) is 13.5. The molecule has 13 heavy (non-hydrogen) atoms. The van der Waals surface area contributed by atoms with Gasteiger partial charge in [0, 0.05) is 20.2 Å². The Labute approximate surface area is 80.1 Å². The minimum Gasteiger partial charge on any atom is -0.377 e. The first-order valence-corrected chi connectivity index (χ1v) is 4.86. The van der Waals surface area contributed by atoms with Crippen LogP contribution in [-0.2, 0) is 9.53 Å². The first kappa shape index (κ1) is 10.7. The van der Waals surface area contributed by atoms with E-state index in [4.69, 9.17) is 4.74 Å². The lowest BCUT2D eigenvalue weighted by Gasteiger charge is -2.13. The number of nitrogens with zero attached hydrogens (tertiary/aromatic N) is 1. The van der Waals surface area contributed by atoms with Gasteiger partial charge in [-0.15, -0.1) is 0 Å². The Morgan fingerprint density at radius 1 is 1.38 bits per heavy atom. The highest BCUT2D eigenvalue weighted by Gasteiger charge is 2.26. The number of carbonyl (C=O) groups is 1. The molecule has 0 bridgehead atoms. The maximum atomic E-state index is 11.2. The maximum absolute atomic E-state index is 11.2. The molecule has 0 amide bonds. The van der Waals surface area contributed by atoms with Crippen LogP contribution in [-0.4, -0.2) is 44.0 Å². The number of likely N-dealkylation sites (tertiary alicyclic amines) is 1. The van der Waals surface area contributed by atoms with Crippen molar-refractivity contribution in [1.82, 2.24) is 4.90 Å². The van der Waals surface area contributed by atoms with Crippen molar-refractivity contribution in [3.63, 3.8) is 0 Å². The highest BCUT2D eigenvalue weighted by molar-refractivity contribution is 5.81. The maximum Gasteiger partial charge on any atom is 0.172 e. The van der Waals surface area contributed by atoms with E-state index in [1.165, 1.54) is 0 Å². The zero-order valence-electron chi connectivity index (χ0n) is 8.75. The van der Waals surface area contributed by atoms with Gasteiger partial charge in [0.2, 0.25) is 0 Å². The van der Waals surface area contributed by atoms with E-state index in [9.17, 15) is 4.79 Å². The molecule has 3 nitrogen and oxygen atoms in total. The van der Waals surface area contributed by atoms with E-state index in [0.717, 1.165) is 24.9 Å². The summed E-state index contributed by atoms with van der Waals surface area (Å²) in [5.74, 6) is 1.62. The van der Waals surface area contributed by atoms with Crippen LogP contribution in [0.4, 0.5) is 0 Å². The van der Waals surface area contributed by atoms with Crippen LogP contribution in [0.1, 0.15) is 13.8 Å². The van der Waals surface area contributed by atoms with Crippen molar-refractivity contribution in [2.75, 3.05) is 33.4 Å². The van der Waals surface area contributed by atoms with Gasteiger partial charge in [-0.25, -0.2) is 0 Å². The van der Waals surface area contributed by atoms with Crippen LogP contribution < -0.4 is 0 Å². The molecule has 0 saturated carbocycles. The fraction of sp³-hybridized carbons (Fsp3) is 0.900. The van der Waals surface area contributed by atoms with E-state index in [1.54, 1.807) is 7.11 Å². The Morgan fingerprint density at radius 3 is 2.38 bits per heavy atom. The SMILES string of the molecule is COCC(=O)CN1CC(C)C(C)C1. The number of ether oxygens (including phenoxy) is 1. The summed E-state index contributed by atoms with van der Waals surface area (Å²) in [5.41, 5.74) is 0. The van der Waals surface area contributed by atoms with Gasteiger partial charge in [0.15, 0.2) is 5.78 Å². The molecule has 1 aliphatic rings. The van der Waals surface area contributed by atoms with Gasteiger partial charge in [-0.3, -0.25) is 9.69 Å². The number of hydrogen-bond donors (Lipinski definition) is 0. The minimum absolute atomic E-state index is 0.184. The highest BCUT2D eigenvalue weighted by atomic mass is 16.5. The van der Waals surface area contributed by atoms with E-state index < -0.39 is 0 Å². The molecule has 2 unspecified atom stereocenters. The van der Waals surface area contributed by atoms with Crippen LogP contribution >= 0.6 is 0 Å². The number of hydrogen-bond acceptors (Lipinski definition) is 3. The second-order valence-electron chi connectivity index (χ2n) is 4.12. The lowest BCUT2D eigenvalue weighted by molar-refractivity contribution is -0.123. The van der Waals surface area contributed by atoms with Crippen LogP contribution in [0.5, 0.6) is 0 Å². The Hall–Kier alpha value is -0.410. The summed E-state index contributed by atoms with van der Waals surface area (Å²) in [5, 5.41) is 0. The summed E-state index contributed by atoms with van der Waals surface area (Å²) in [6.07, 6.45) is 0. The second-order valence-corrected chi connectivity index (χ2v) is 4.12. The van der Waals surface area contributed by atoms with Crippen molar-refractivity contribution < 1.29 is 9.53 Å². The van der Waals surface area contributed by atoms with E-state index in [1.807, 2.05) is 0 Å². The van der Waals surface area contributed by atoms with Gasteiger partial charge in [0.05, 0.1) is 6.54 Å². The van der Waals surface area contributed by atoms with Crippen molar-refractivity contribution in [3.8, 4) is 0 Å². The van der Waals surface area contributed by atoms with Crippen molar-refractivity contribution in [2.24, 2.45) is 11.8 Å². The number of ketones is 1. The molecule has 1 saturated heterocycles. The van der Waals surface area contributed by atoms with Gasteiger partial charge < -0.3 is 4.74 Å². The summed E-state index contributed by atoms with van der Waals surface area (Å²) in [6, 6.07) is 0. The normalized spacial score (nSPS) is 29.5. The second kappa shape index (κ2) is 4.72. The molecule has 0 aromatic rings. The zero-order valence-corrected chi connectivity index (χ0v) is 8.75. The van der Waals surface area contributed by atoms with Gasteiger partial charge >= 0.3 is 0 Å². The fourth-order valence-electron chi connectivity index (χ4n) is 1.83. The largest absolute Gasteiger partial charge is 0.377 e. The Balaban J connectivity index is 2.27. The molecular weight excluding hydrogens is 166 g/mol. The van der Waals surface area contributed by atoms with Crippen LogP contribution in [0.25, 0.3) is 0 Å². The molecule has 76 valence electrons. The van der Waals surface area contributed by atoms with E-state index >= 15 is 0 Å². The van der Waals surface area contributed by atoms with Crippen molar-refractivity contribution in [1.29, 1.82) is 0 Å². The third-order valence-corrected chi connectivity index (χ3v) is 2.77. The van der Waals surface area contributed by atoms with E-state index in [-0.39, 0.29) is 12.4 Å². The lowest BCUT2D eigenvalue weighted by Crippen LogP contribution is -2.29. The van der Waals surface area contributed by atoms with Crippen LogP contribution in [0, 0.1) is 11.8 Å². The standard InChI is InChI=1S/C10H19NO2/c1-8-4-11(5-9(8)2)6-10(12)7-13-3/h8-9H,4-7H2,1-3H3. The summed E-state index contributed by atoms with van der Waals surface area (Å²) >= 11 is 0. The Bertz CT molecular complexity index is 172. The van der Waals surface area contributed by atoms with Crippen molar-refractivity contribution in [3.05, 3.63) is 0 Å². The molecular formula is C10H19NO2. The highest BCUT2D eigenvalue weighted by Crippen LogP contribution is 2.21. The molecule has 1 fully saturated rings. The van der Waals surface area contributed by atoms with Gasteiger partial charge in [-0.1, -0.05) is 13.8 Å². The molecule has 2 atom stereocenters. The fourth-order valence-corrected chi connectivity index (χ4v) is 1.83. The Morgan fingerprint density at radius 2 is 1.92 bits per heavy atom. The third kappa shape index (κ3) is 3.08. The summed E-state index contributed by atoms with van der Waals surface area (Å²) in [6.45, 7) is 7.39. The molecule has 1 aliphatic heterocycles. The van der Waals surface area contributed by atoms with Gasteiger partial charge in [0.25, 0.3) is 0 Å². The predicted molar refractivity (Wildman–Crippen MR) is 51.7 cm³/mol.